The lowest BCUT2D eigenvalue weighted by molar-refractivity contribution is 0.561. The molecule has 0 aliphatic rings. The van der Waals surface area contributed by atoms with Crippen LogP contribution in [0.25, 0.3) is 0 Å². The fourth-order valence-corrected chi connectivity index (χ4v) is 2.74. The van der Waals surface area contributed by atoms with Crippen molar-refractivity contribution in [1.29, 1.82) is 0 Å². The van der Waals surface area contributed by atoms with Crippen molar-refractivity contribution in [3.8, 4) is 0 Å². The normalized spacial score (nSPS) is 13.0. The first-order valence-corrected chi connectivity index (χ1v) is 6.22. The second-order valence-electron chi connectivity index (χ2n) is 3.13. The van der Waals surface area contributed by atoms with Gasteiger partial charge in [-0.15, -0.1) is 11.3 Å². The molecular formula is C10H10INOS. The molecule has 0 bridgehead atoms. The summed E-state index contributed by atoms with van der Waals surface area (Å²) in [5.74, 6) is 0. The van der Waals surface area contributed by atoms with Crippen LogP contribution in [0.4, 0.5) is 0 Å². The molecule has 2 aromatic heterocycles. The molecular weight excluding hydrogens is 309 g/mol. The van der Waals surface area contributed by atoms with Crippen LogP contribution in [-0.2, 0) is 6.42 Å². The number of rotatable bonds is 3. The maximum absolute atomic E-state index is 6.06. The van der Waals surface area contributed by atoms with E-state index in [0.717, 1.165) is 12.0 Å². The van der Waals surface area contributed by atoms with Crippen LogP contribution in [0.15, 0.2) is 34.5 Å². The van der Waals surface area contributed by atoms with Gasteiger partial charge in [0, 0.05) is 6.04 Å². The topological polar surface area (TPSA) is 39.2 Å². The average molecular weight is 319 g/mol. The van der Waals surface area contributed by atoms with E-state index >= 15 is 0 Å². The Morgan fingerprint density at radius 3 is 3.00 bits per heavy atom. The summed E-state index contributed by atoms with van der Waals surface area (Å²) in [5, 5.41) is 2.12. The Kier molecular flexibility index (Phi) is 3.25. The van der Waals surface area contributed by atoms with Gasteiger partial charge in [0.25, 0.3) is 0 Å². The summed E-state index contributed by atoms with van der Waals surface area (Å²) < 4.78 is 6.28. The molecule has 2 rings (SSSR count). The number of thiophene rings is 1. The lowest BCUT2D eigenvalue weighted by Gasteiger charge is -2.07. The average Bonchev–Trinajstić information content (AvgIpc) is 2.75. The number of hydrogen-bond donors (Lipinski definition) is 1. The van der Waals surface area contributed by atoms with E-state index in [1.165, 1.54) is 8.45 Å². The first-order valence-electron chi connectivity index (χ1n) is 4.26. The van der Waals surface area contributed by atoms with Gasteiger partial charge in [0.1, 0.15) is 0 Å². The van der Waals surface area contributed by atoms with E-state index in [1.54, 1.807) is 23.9 Å². The van der Waals surface area contributed by atoms with E-state index in [2.05, 4.69) is 34.0 Å². The third kappa shape index (κ3) is 2.37. The van der Waals surface area contributed by atoms with Crippen molar-refractivity contribution < 1.29 is 4.42 Å². The van der Waals surface area contributed by atoms with Gasteiger partial charge >= 0.3 is 0 Å². The maximum Gasteiger partial charge on any atom is 0.0935 e. The Labute approximate surface area is 100 Å². The molecule has 2 nitrogen and oxygen atoms in total. The van der Waals surface area contributed by atoms with Crippen molar-refractivity contribution in [2.75, 3.05) is 0 Å². The highest BCUT2D eigenvalue weighted by molar-refractivity contribution is 14.1. The largest absolute Gasteiger partial charge is 0.472 e. The third-order valence-electron chi connectivity index (χ3n) is 2.05. The van der Waals surface area contributed by atoms with E-state index in [1.807, 2.05) is 6.07 Å². The summed E-state index contributed by atoms with van der Waals surface area (Å²) in [5.41, 5.74) is 8.42. The highest BCUT2D eigenvalue weighted by atomic mass is 127. The van der Waals surface area contributed by atoms with E-state index in [4.69, 9.17) is 10.2 Å². The van der Waals surface area contributed by atoms with E-state index < -0.39 is 0 Å². The molecule has 0 saturated carbocycles. The fourth-order valence-electron chi connectivity index (χ4n) is 1.30. The van der Waals surface area contributed by atoms with Crippen molar-refractivity contribution in [3.63, 3.8) is 0 Å². The van der Waals surface area contributed by atoms with Crippen LogP contribution in [0.2, 0.25) is 0 Å². The summed E-state index contributed by atoms with van der Waals surface area (Å²) in [7, 11) is 0. The van der Waals surface area contributed by atoms with Crippen molar-refractivity contribution in [2.24, 2.45) is 5.73 Å². The molecule has 14 heavy (non-hydrogen) atoms. The van der Waals surface area contributed by atoms with Crippen molar-refractivity contribution in [3.05, 3.63) is 44.0 Å². The lowest BCUT2D eigenvalue weighted by Crippen LogP contribution is -2.11. The van der Waals surface area contributed by atoms with Gasteiger partial charge in [0.15, 0.2) is 0 Å². The molecule has 0 saturated heterocycles. The number of hydrogen-bond acceptors (Lipinski definition) is 3. The van der Waals surface area contributed by atoms with Crippen molar-refractivity contribution in [2.45, 2.75) is 12.5 Å². The molecule has 1 unspecified atom stereocenters. The van der Waals surface area contributed by atoms with Crippen LogP contribution < -0.4 is 5.73 Å². The lowest BCUT2D eigenvalue weighted by atomic mass is 10.1. The highest BCUT2D eigenvalue weighted by Crippen LogP contribution is 2.23. The molecule has 2 aromatic rings. The second kappa shape index (κ2) is 4.46. The molecule has 4 heteroatoms. The standard InChI is InChI=1S/C10H10INOS/c11-10-4-8(6-14-10)9(12)3-7-1-2-13-5-7/h1-2,4-6,9H,3,12H2. The SMILES string of the molecule is NC(Cc1ccoc1)c1csc(I)c1. The zero-order valence-corrected chi connectivity index (χ0v) is 10.4. The van der Waals surface area contributed by atoms with Crippen molar-refractivity contribution in [1.82, 2.24) is 0 Å². The van der Waals surface area contributed by atoms with Crippen molar-refractivity contribution >= 4 is 33.9 Å². The quantitative estimate of drug-likeness (QED) is 0.883. The Bertz CT molecular complexity index is 396. The fraction of sp³-hybridized carbons (Fsp3) is 0.200. The molecule has 0 amide bonds. The van der Waals surface area contributed by atoms with Gasteiger partial charge in [-0.3, -0.25) is 0 Å². The summed E-state index contributed by atoms with van der Waals surface area (Å²) in [6.07, 6.45) is 4.26. The molecule has 0 fully saturated rings. The molecule has 0 aliphatic heterocycles. The van der Waals surface area contributed by atoms with Gasteiger partial charge < -0.3 is 10.2 Å². The molecule has 0 aromatic carbocycles. The zero-order valence-electron chi connectivity index (χ0n) is 7.44. The third-order valence-corrected chi connectivity index (χ3v) is 3.86. The van der Waals surface area contributed by atoms with Crippen LogP contribution in [0, 0.1) is 2.88 Å². The molecule has 1 atom stereocenters. The smallest absolute Gasteiger partial charge is 0.0935 e. The molecule has 2 heterocycles. The van der Waals surface area contributed by atoms with E-state index in [-0.39, 0.29) is 6.04 Å². The summed E-state index contributed by atoms with van der Waals surface area (Å²) in [4.78, 5) is 0. The Balaban J connectivity index is 2.06. The van der Waals surface area contributed by atoms with E-state index in [0.29, 0.717) is 0 Å². The number of nitrogens with two attached hydrogens (primary N) is 1. The molecule has 0 radical (unpaired) electrons. The van der Waals surface area contributed by atoms with Gasteiger partial charge in [-0.1, -0.05) is 0 Å². The monoisotopic (exact) mass is 319 g/mol. The second-order valence-corrected chi connectivity index (χ2v) is 5.93. The summed E-state index contributed by atoms with van der Waals surface area (Å²) in [6.45, 7) is 0. The first kappa shape index (κ1) is 10.2. The number of furan rings is 1. The number of halogens is 1. The molecule has 0 aliphatic carbocycles. The zero-order chi connectivity index (χ0) is 9.97. The Hall–Kier alpha value is -0.330. The van der Waals surface area contributed by atoms with Gasteiger partial charge in [-0.2, -0.15) is 0 Å². The predicted molar refractivity (Wildman–Crippen MR) is 66.4 cm³/mol. The van der Waals surface area contributed by atoms with Gasteiger partial charge in [-0.05, 0) is 57.7 Å². The van der Waals surface area contributed by atoms with Gasteiger partial charge in [0.2, 0.25) is 0 Å². The van der Waals surface area contributed by atoms with Crippen LogP contribution in [-0.4, -0.2) is 0 Å². The molecule has 74 valence electrons. The van der Waals surface area contributed by atoms with Crippen LogP contribution in [0.5, 0.6) is 0 Å². The predicted octanol–water partition coefficient (Wildman–Crippen LogP) is 3.19. The molecule has 0 spiro atoms. The van der Waals surface area contributed by atoms with Crippen LogP contribution in [0.1, 0.15) is 17.2 Å². The minimum atomic E-state index is 0.0763. The van der Waals surface area contributed by atoms with Crippen LogP contribution >= 0.6 is 33.9 Å². The van der Waals surface area contributed by atoms with E-state index in [9.17, 15) is 0 Å². The Morgan fingerprint density at radius 1 is 1.57 bits per heavy atom. The van der Waals surface area contributed by atoms with Gasteiger partial charge in [-0.25, -0.2) is 0 Å². The highest BCUT2D eigenvalue weighted by Gasteiger charge is 2.09. The first-order chi connectivity index (χ1) is 6.75. The minimum absolute atomic E-state index is 0.0763. The Morgan fingerprint density at radius 2 is 2.43 bits per heavy atom. The summed E-state index contributed by atoms with van der Waals surface area (Å²) in [6, 6.07) is 4.17. The van der Waals surface area contributed by atoms with Gasteiger partial charge in [0.05, 0.1) is 15.4 Å². The van der Waals surface area contributed by atoms with Crippen LogP contribution in [0.3, 0.4) is 0 Å². The summed E-state index contributed by atoms with van der Waals surface area (Å²) >= 11 is 4.04. The minimum Gasteiger partial charge on any atom is -0.472 e. The molecule has 2 N–H and O–H groups in total. The maximum atomic E-state index is 6.06.